The maximum atomic E-state index is 10.9. The molecule has 10 atom stereocenters. The first-order valence-electron chi connectivity index (χ1n) is 14.3. The Morgan fingerprint density at radius 2 is 1.09 bits per heavy atom. The summed E-state index contributed by atoms with van der Waals surface area (Å²) in [6.07, 6.45) is 13.5. The summed E-state index contributed by atoms with van der Waals surface area (Å²) in [4.78, 5) is 0. The van der Waals surface area contributed by atoms with Gasteiger partial charge in [0.25, 0.3) is 0 Å². The molecule has 0 bridgehead atoms. The van der Waals surface area contributed by atoms with E-state index in [4.69, 9.17) is 0 Å². The fraction of sp³-hybridized carbons (Fsp3) is 1.00. The molecule has 184 valence electrons. The molecule has 1 heteroatoms. The third-order valence-corrected chi connectivity index (χ3v) is 14.0. The Hall–Kier alpha value is -0.0400. The average molecular weight is 443 g/mol. The van der Waals surface area contributed by atoms with Crippen LogP contribution in [0.15, 0.2) is 0 Å². The fourth-order valence-electron chi connectivity index (χ4n) is 12.9. The largest absolute Gasteiger partial charge is 0.393 e. The van der Waals surface area contributed by atoms with E-state index < -0.39 is 0 Å². The van der Waals surface area contributed by atoms with Crippen LogP contribution in [0.3, 0.4) is 0 Å². The number of hydrogen-bond acceptors (Lipinski definition) is 1. The van der Waals surface area contributed by atoms with E-state index in [0.717, 1.165) is 30.1 Å². The van der Waals surface area contributed by atoms with Gasteiger partial charge in [0.05, 0.1) is 6.10 Å². The Bertz CT molecular complexity index is 766. The predicted octanol–water partition coefficient (Wildman–Crippen LogP) is 8.49. The molecule has 0 spiro atoms. The summed E-state index contributed by atoms with van der Waals surface area (Å²) in [6, 6.07) is 0. The van der Waals surface area contributed by atoms with E-state index >= 15 is 0 Å². The van der Waals surface area contributed by atoms with E-state index in [-0.39, 0.29) is 11.5 Å². The highest BCUT2D eigenvalue weighted by Gasteiger charge is 2.71. The molecule has 1 nitrogen and oxygen atoms in total. The van der Waals surface area contributed by atoms with Crippen LogP contribution in [0.25, 0.3) is 0 Å². The van der Waals surface area contributed by atoms with Gasteiger partial charge < -0.3 is 5.11 Å². The van der Waals surface area contributed by atoms with Crippen LogP contribution in [-0.2, 0) is 0 Å². The van der Waals surface area contributed by atoms with E-state index in [0.29, 0.717) is 33.0 Å². The third kappa shape index (κ3) is 2.73. The highest BCUT2D eigenvalue weighted by Crippen LogP contribution is 2.78. The van der Waals surface area contributed by atoms with Crippen molar-refractivity contribution in [1.82, 2.24) is 0 Å². The van der Waals surface area contributed by atoms with Crippen molar-refractivity contribution in [3.63, 3.8) is 0 Å². The van der Waals surface area contributed by atoms with Gasteiger partial charge in [0, 0.05) is 0 Å². The molecule has 0 heterocycles. The monoisotopic (exact) mass is 442 g/mol. The second-order valence-electron chi connectivity index (χ2n) is 16.1. The Kier molecular flexibility index (Phi) is 5.03. The highest BCUT2D eigenvalue weighted by atomic mass is 16.3. The van der Waals surface area contributed by atoms with Gasteiger partial charge in [-0.15, -0.1) is 0 Å². The van der Waals surface area contributed by atoms with Crippen LogP contribution in [0.5, 0.6) is 0 Å². The van der Waals surface area contributed by atoms with Gasteiger partial charge in [-0.1, -0.05) is 62.3 Å². The molecule has 5 fully saturated rings. The molecule has 0 aromatic carbocycles. The van der Waals surface area contributed by atoms with Gasteiger partial charge in [0.15, 0.2) is 0 Å². The molecular weight excluding hydrogens is 388 g/mol. The van der Waals surface area contributed by atoms with Crippen molar-refractivity contribution in [1.29, 1.82) is 0 Å². The van der Waals surface area contributed by atoms with Gasteiger partial charge in [-0.25, -0.2) is 0 Å². The molecule has 1 N–H and O–H groups in total. The molecule has 5 aliphatic carbocycles. The van der Waals surface area contributed by atoms with E-state index in [1.54, 1.807) is 0 Å². The van der Waals surface area contributed by atoms with Gasteiger partial charge in [0.2, 0.25) is 0 Å². The Labute approximate surface area is 199 Å². The van der Waals surface area contributed by atoms with Gasteiger partial charge in [-0.2, -0.15) is 0 Å². The number of hydrogen-bond donors (Lipinski definition) is 1. The van der Waals surface area contributed by atoms with E-state index in [1.807, 2.05) is 0 Å². The van der Waals surface area contributed by atoms with Gasteiger partial charge in [-0.3, -0.25) is 0 Å². The highest BCUT2D eigenvalue weighted by molar-refractivity contribution is 5.19. The SMILES string of the molecule is CC1CC(C)(C)[C@@H]2CC[C@]3(C)[C@H](CC[C@@H]4[C@@]5(C)CC[C@H](O)C(C)(C)[C@@H]5CC[C@]43C)[C@@]2(C)C1. The summed E-state index contributed by atoms with van der Waals surface area (Å²) >= 11 is 0. The molecule has 5 saturated carbocycles. The minimum Gasteiger partial charge on any atom is -0.393 e. The summed E-state index contributed by atoms with van der Waals surface area (Å²) < 4.78 is 0. The van der Waals surface area contributed by atoms with Crippen molar-refractivity contribution in [3.05, 3.63) is 0 Å². The summed E-state index contributed by atoms with van der Waals surface area (Å²) in [5, 5.41) is 10.9. The smallest absolute Gasteiger partial charge is 0.0594 e. The molecule has 0 aromatic heterocycles. The first-order valence-corrected chi connectivity index (χ1v) is 14.3. The second-order valence-corrected chi connectivity index (χ2v) is 16.1. The quantitative estimate of drug-likeness (QED) is 0.398. The van der Waals surface area contributed by atoms with Gasteiger partial charge >= 0.3 is 0 Å². The van der Waals surface area contributed by atoms with E-state index in [2.05, 4.69) is 62.3 Å². The molecule has 5 aliphatic rings. The predicted molar refractivity (Wildman–Crippen MR) is 135 cm³/mol. The zero-order chi connectivity index (χ0) is 23.5. The molecule has 0 aliphatic heterocycles. The summed E-state index contributed by atoms with van der Waals surface area (Å²) in [6.45, 7) is 23.4. The topological polar surface area (TPSA) is 20.2 Å². The molecule has 0 radical (unpaired) electrons. The maximum absolute atomic E-state index is 10.9. The molecular formula is C31H54O. The van der Waals surface area contributed by atoms with Crippen LogP contribution in [0, 0.1) is 62.1 Å². The first kappa shape index (κ1) is 23.7. The minimum absolute atomic E-state index is 0.0680. The van der Waals surface area contributed by atoms with Crippen molar-refractivity contribution >= 4 is 0 Å². The summed E-state index contributed by atoms with van der Waals surface area (Å²) in [5.41, 5.74) is 2.42. The molecule has 1 unspecified atom stereocenters. The summed E-state index contributed by atoms with van der Waals surface area (Å²) in [5.74, 6) is 4.17. The minimum atomic E-state index is -0.114. The lowest BCUT2D eigenvalue weighted by molar-refractivity contribution is -0.266. The molecule has 0 saturated heterocycles. The summed E-state index contributed by atoms with van der Waals surface area (Å²) in [7, 11) is 0. The molecule has 0 aromatic rings. The zero-order valence-electron chi connectivity index (χ0n) is 23.0. The van der Waals surface area contributed by atoms with Crippen molar-refractivity contribution in [2.75, 3.05) is 0 Å². The number of rotatable bonds is 0. The third-order valence-electron chi connectivity index (χ3n) is 14.0. The second kappa shape index (κ2) is 6.79. The maximum Gasteiger partial charge on any atom is 0.0594 e. The van der Waals surface area contributed by atoms with Crippen molar-refractivity contribution in [2.45, 2.75) is 133 Å². The van der Waals surface area contributed by atoms with Crippen LogP contribution in [0.1, 0.15) is 127 Å². The van der Waals surface area contributed by atoms with E-state index in [9.17, 15) is 5.11 Å². The van der Waals surface area contributed by atoms with Crippen LogP contribution in [0.2, 0.25) is 0 Å². The standard InChI is InChI=1S/C31H54O/c1-20-18-26(2,3)21-12-16-31(9)24(29(21,7)19-20)11-10-23-28(6)15-14-25(32)27(4,5)22(28)13-17-30(23,31)8/h20-25,32H,10-19H2,1-9H3/t20?,21-,22-,23+,24+,25-,28-,29-,30+,31+/m0/s1. The Morgan fingerprint density at radius 1 is 0.562 bits per heavy atom. The zero-order valence-corrected chi connectivity index (χ0v) is 23.0. The lowest BCUT2D eigenvalue weighted by atomic mass is 9.30. The van der Waals surface area contributed by atoms with Crippen molar-refractivity contribution in [2.24, 2.45) is 62.1 Å². The molecule has 32 heavy (non-hydrogen) atoms. The van der Waals surface area contributed by atoms with Crippen molar-refractivity contribution < 1.29 is 5.11 Å². The lowest BCUT2D eigenvalue weighted by Crippen LogP contribution is -2.68. The first-order chi connectivity index (χ1) is 14.6. The van der Waals surface area contributed by atoms with Gasteiger partial charge in [0.1, 0.15) is 0 Å². The average Bonchev–Trinajstić information content (AvgIpc) is 2.64. The Balaban J connectivity index is 1.55. The van der Waals surface area contributed by atoms with Crippen molar-refractivity contribution in [3.8, 4) is 0 Å². The van der Waals surface area contributed by atoms with Crippen LogP contribution in [0.4, 0.5) is 0 Å². The van der Waals surface area contributed by atoms with Crippen LogP contribution < -0.4 is 0 Å². The molecule has 0 amide bonds. The molecule has 5 rings (SSSR count). The van der Waals surface area contributed by atoms with Gasteiger partial charge in [-0.05, 0) is 126 Å². The number of aliphatic hydroxyl groups is 1. The Morgan fingerprint density at radius 3 is 1.69 bits per heavy atom. The van der Waals surface area contributed by atoms with Crippen LogP contribution in [-0.4, -0.2) is 11.2 Å². The lowest BCUT2D eigenvalue weighted by Gasteiger charge is -2.75. The van der Waals surface area contributed by atoms with E-state index in [1.165, 1.54) is 57.8 Å². The van der Waals surface area contributed by atoms with Crippen LogP contribution >= 0.6 is 0 Å². The number of aliphatic hydroxyl groups excluding tert-OH is 1. The number of fused-ring (bicyclic) bond motifs is 7. The normalized spacial score (nSPS) is 58.7. The fourth-order valence-corrected chi connectivity index (χ4v) is 12.9.